The van der Waals surface area contributed by atoms with Crippen LogP contribution in [0, 0.1) is 6.92 Å². The second-order valence-electron chi connectivity index (χ2n) is 4.33. The Kier molecular flexibility index (Phi) is 4.18. The molecule has 5 nitrogen and oxygen atoms in total. The lowest BCUT2D eigenvalue weighted by Gasteiger charge is -2.06. The number of aromatic nitrogens is 2. The van der Waals surface area contributed by atoms with E-state index >= 15 is 0 Å². The highest BCUT2D eigenvalue weighted by Gasteiger charge is 2.06. The number of rotatable bonds is 5. The van der Waals surface area contributed by atoms with Crippen molar-refractivity contribution in [3.05, 3.63) is 47.3 Å². The van der Waals surface area contributed by atoms with Gasteiger partial charge in [0.2, 0.25) is 5.91 Å². The maximum absolute atomic E-state index is 11.8. The van der Waals surface area contributed by atoms with Crippen LogP contribution in [0.25, 0.3) is 0 Å². The van der Waals surface area contributed by atoms with Crippen LogP contribution in [0.1, 0.15) is 16.8 Å². The Hall–Kier alpha value is -2.30. The second-order valence-corrected chi connectivity index (χ2v) is 4.33. The summed E-state index contributed by atoms with van der Waals surface area (Å²) in [6.07, 6.45) is 2.06. The third-order valence-electron chi connectivity index (χ3n) is 2.91. The van der Waals surface area contributed by atoms with Gasteiger partial charge in [-0.05, 0) is 24.6 Å². The molecule has 0 bridgehead atoms. The van der Waals surface area contributed by atoms with Gasteiger partial charge >= 0.3 is 0 Å². The molecule has 2 aromatic rings. The Morgan fingerprint density at radius 2 is 2.32 bits per heavy atom. The van der Waals surface area contributed by atoms with E-state index in [0.717, 1.165) is 22.6 Å². The molecule has 0 aliphatic carbocycles. The maximum Gasteiger partial charge on any atom is 0.224 e. The Bertz CT molecular complexity index is 563. The summed E-state index contributed by atoms with van der Waals surface area (Å²) in [4.78, 5) is 11.8. The van der Waals surface area contributed by atoms with Gasteiger partial charge in [0.25, 0.3) is 0 Å². The molecule has 0 fully saturated rings. The summed E-state index contributed by atoms with van der Waals surface area (Å²) < 4.78 is 5.13. The zero-order valence-corrected chi connectivity index (χ0v) is 11.1. The fraction of sp³-hybridized carbons (Fsp3) is 0.286. The zero-order valence-electron chi connectivity index (χ0n) is 11.1. The Balaban J connectivity index is 1.89. The van der Waals surface area contributed by atoms with Crippen LogP contribution in [0.4, 0.5) is 0 Å². The van der Waals surface area contributed by atoms with Crippen LogP contribution in [-0.2, 0) is 17.8 Å². The van der Waals surface area contributed by atoms with Crippen molar-refractivity contribution in [2.24, 2.45) is 0 Å². The van der Waals surface area contributed by atoms with E-state index in [9.17, 15) is 4.79 Å². The highest BCUT2D eigenvalue weighted by Crippen LogP contribution is 2.13. The Morgan fingerprint density at radius 1 is 1.47 bits per heavy atom. The number of hydrogen-bond acceptors (Lipinski definition) is 3. The predicted molar refractivity (Wildman–Crippen MR) is 71.9 cm³/mol. The summed E-state index contributed by atoms with van der Waals surface area (Å²) in [5.74, 6) is 0.741. The molecule has 1 heterocycles. The van der Waals surface area contributed by atoms with Crippen molar-refractivity contribution in [2.45, 2.75) is 19.9 Å². The van der Waals surface area contributed by atoms with Crippen LogP contribution in [0.2, 0.25) is 0 Å². The fourth-order valence-corrected chi connectivity index (χ4v) is 1.78. The largest absolute Gasteiger partial charge is 0.497 e. The summed E-state index contributed by atoms with van der Waals surface area (Å²) in [6.45, 7) is 2.42. The number of ether oxygens (including phenoxy) is 1. The molecule has 0 radical (unpaired) electrons. The van der Waals surface area contributed by atoms with E-state index in [1.165, 1.54) is 0 Å². The molecular formula is C14H17N3O2. The van der Waals surface area contributed by atoms with Crippen molar-refractivity contribution in [2.75, 3.05) is 7.11 Å². The first-order chi connectivity index (χ1) is 9.19. The maximum atomic E-state index is 11.8. The molecule has 5 heteroatoms. The number of nitrogens with zero attached hydrogens (tertiary/aromatic N) is 1. The molecule has 19 heavy (non-hydrogen) atoms. The minimum Gasteiger partial charge on any atom is -0.497 e. The van der Waals surface area contributed by atoms with Crippen molar-refractivity contribution in [3.63, 3.8) is 0 Å². The molecule has 0 unspecified atom stereocenters. The molecule has 0 saturated heterocycles. The average Bonchev–Trinajstić information content (AvgIpc) is 2.82. The smallest absolute Gasteiger partial charge is 0.224 e. The number of methoxy groups -OCH3 is 1. The number of hydrogen-bond donors (Lipinski definition) is 2. The van der Waals surface area contributed by atoms with Crippen LogP contribution in [0.15, 0.2) is 30.5 Å². The second kappa shape index (κ2) is 6.04. The monoisotopic (exact) mass is 259 g/mol. The molecule has 2 N–H and O–H groups in total. The molecule has 100 valence electrons. The number of aromatic amines is 1. The number of benzene rings is 1. The number of aryl methyl sites for hydroxylation is 1. The van der Waals surface area contributed by atoms with E-state index in [1.807, 2.05) is 31.2 Å². The first kappa shape index (κ1) is 13.1. The minimum atomic E-state index is -0.0196. The molecule has 0 aliphatic rings. The van der Waals surface area contributed by atoms with E-state index in [2.05, 4.69) is 15.5 Å². The zero-order chi connectivity index (χ0) is 13.7. The Labute approximate surface area is 112 Å². The lowest BCUT2D eigenvalue weighted by Crippen LogP contribution is -2.24. The van der Waals surface area contributed by atoms with Gasteiger partial charge in [-0.3, -0.25) is 9.89 Å². The summed E-state index contributed by atoms with van der Waals surface area (Å²) in [5, 5.41) is 9.62. The summed E-state index contributed by atoms with van der Waals surface area (Å²) >= 11 is 0. The van der Waals surface area contributed by atoms with E-state index < -0.39 is 0 Å². The standard InChI is InChI=1S/C14H17N3O2/c1-10-12(9-16-17-10)8-15-14(18)7-11-4-3-5-13(6-11)19-2/h3-6,9H,7-8H2,1-2H3,(H,15,18)(H,16,17). The minimum absolute atomic E-state index is 0.0196. The van der Waals surface area contributed by atoms with Crippen LogP contribution >= 0.6 is 0 Å². The van der Waals surface area contributed by atoms with E-state index in [1.54, 1.807) is 13.3 Å². The van der Waals surface area contributed by atoms with Gasteiger partial charge in [0.05, 0.1) is 19.7 Å². The van der Waals surface area contributed by atoms with Crippen molar-refractivity contribution >= 4 is 5.91 Å². The van der Waals surface area contributed by atoms with Crippen LogP contribution < -0.4 is 10.1 Å². The molecule has 0 spiro atoms. The van der Waals surface area contributed by atoms with Crippen LogP contribution in [-0.4, -0.2) is 23.2 Å². The van der Waals surface area contributed by atoms with Gasteiger partial charge in [-0.25, -0.2) is 0 Å². The number of H-pyrrole nitrogens is 1. The highest BCUT2D eigenvalue weighted by atomic mass is 16.5. The quantitative estimate of drug-likeness (QED) is 0.856. The lowest BCUT2D eigenvalue weighted by molar-refractivity contribution is -0.120. The number of carbonyl (C=O) groups excluding carboxylic acids is 1. The van der Waals surface area contributed by atoms with Gasteiger partial charge < -0.3 is 10.1 Å². The van der Waals surface area contributed by atoms with Crippen LogP contribution in [0.3, 0.4) is 0 Å². The molecule has 1 amide bonds. The fourth-order valence-electron chi connectivity index (χ4n) is 1.78. The molecular weight excluding hydrogens is 242 g/mol. The van der Waals surface area contributed by atoms with E-state index in [0.29, 0.717) is 13.0 Å². The third-order valence-corrected chi connectivity index (χ3v) is 2.91. The third kappa shape index (κ3) is 3.58. The topological polar surface area (TPSA) is 67.0 Å². The molecule has 2 rings (SSSR count). The molecule has 1 aromatic heterocycles. The summed E-state index contributed by atoms with van der Waals surface area (Å²) in [6, 6.07) is 7.51. The van der Waals surface area contributed by atoms with Gasteiger partial charge in [-0.15, -0.1) is 0 Å². The molecule has 0 atom stereocenters. The first-order valence-electron chi connectivity index (χ1n) is 6.07. The normalized spacial score (nSPS) is 10.2. The van der Waals surface area contributed by atoms with Crippen molar-refractivity contribution in [1.82, 2.24) is 15.5 Å². The molecule has 0 aliphatic heterocycles. The molecule has 0 saturated carbocycles. The summed E-state index contributed by atoms with van der Waals surface area (Å²) in [7, 11) is 1.61. The van der Waals surface area contributed by atoms with Gasteiger partial charge in [-0.2, -0.15) is 5.10 Å². The van der Waals surface area contributed by atoms with Gasteiger partial charge in [0, 0.05) is 17.8 Å². The van der Waals surface area contributed by atoms with Gasteiger partial charge in [0.15, 0.2) is 0 Å². The lowest BCUT2D eigenvalue weighted by atomic mass is 10.1. The molecule has 1 aromatic carbocycles. The summed E-state index contributed by atoms with van der Waals surface area (Å²) in [5.41, 5.74) is 2.90. The Morgan fingerprint density at radius 3 is 3.00 bits per heavy atom. The average molecular weight is 259 g/mol. The van der Waals surface area contributed by atoms with Gasteiger partial charge in [-0.1, -0.05) is 12.1 Å². The highest BCUT2D eigenvalue weighted by molar-refractivity contribution is 5.78. The van der Waals surface area contributed by atoms with Crippen molar-refractivity contribution in [1.29, 1.82) is 0 Å². The van der Waals surface area contributed by atoms with Crippen LogP contribution in [0.5, 0.6) is 5.75 Å². The predicted octanol–water partition coefficient (Wildman–Crippen LogP) is 1.59. The van der Waals surface area contributed by atoms with E-state index in [-0.39, 0.29) is 5.91 Å². The number of nitrogens with one attached hydrogen (secondary N) is 2. The number of amides is 1. The van der Waals surface area contributed by atoms with Crippen molar-refractivity contribution < 1.29 is 9.53 Å². The van der Waals surface area contributed by atoms with Crippen molar-refractivity contribution in [3.8, 4) is 5.75 Å². The SMILES string of the molecule is COc1cccc(CC(=O)NCc2cn[nH]c2C)c1. The first-order valence-corrected chi connectivity index (χ1v) is 6.07. The van der Waals surface area contributed by atoms with E-state index in [4.69, 9.17) is 4.74 Å². The number of carbonyl (C=O) groups is 1. The van der Waals surface area contributed by atoms with Gasteiger partial charge in [0.1, 0.15) is 5.75 Å².